The molecule has 0 saturated heterocycles. The highest BCUT2D eigenvalue weighted by molar-refractivity contribution is 5.55. The van der Waals surface area contributed by atoms with Crippen molar-refractivity contribution in [2.45, 2.75) is 78.5 Å². The quantitative estimate of drug-likeness (QED) is 0.196. The van der Waals surface area contributed by atoms with Gasteiger partial charge in [0.25, 0.3) is 0 Å². The van der Waals surface area contributed by atoms with E-state index in [-0.39, 0.29) is 0 Å². The Morgan fingerprint density at radius 2 is 0.388 bits per heavy atom. The zero-order valence-electron chi connectivity index (χ0n) is 20.6. The first-order chi connectivity index (χ1) is 20.5. The van der Waals surface area contributed by atoms with Crippen LogP contribution in [-0.2, 0) is 0 Å². The van der Waals surface area contributed by atoms with Crippen LogP contribution in [0, 0.1) is 10.8 Å². The Labute approximate surface area is 242 Å². The van der Waals surface area contributed by atoms with Crippen molar-refractivity contribution in [2.24, 2.45) is 10.8 Å². The summed E-state index contributed by atoms with van der Waals surface area (Å²) in [5.74, 6) is -29.0. The molecule has 1 aliphatic carbocycles. The van der Waals surface area contributed by atoms with Gasteiger partial charge in [0.1, 0.15) is 0 Å². The van der Waals surface area contributed by atoms with Gasteiger partial charge in [-0.15, -0.1) is 0 Å². The van der Waals surface area contributed by atoms with Gasteiger partial charge in [-0.25, -0.2) is 8.78 Å². The van der Waals surface area contributed by atoms with Crippen LogP contribution < -0.4 is 0 Å². The van der Waals surface area contributed by atoms with E-state index in [1.54, 1.807) is 0 Å². The molecule has 1 rings (SSSR count). The summed E-state index contributed by atoms with van der Waals surface area (Å²) in [6, 6.07) is 0. The lowest BCUT2D eigenvalue weighted by atomic mass is 9.57. The van der Waals surface area contributed by atoms with Gasteiger partial charge in [0, 0.05) is 11.1 Å². The van der Waals surface area contributed by atoms with Crippen molar-refractivity contribution < 1.29 is 140 Å². The second-order valence-electron chi connectivity index (χ2n) is 9.27. The minimum atomic E-state index is -10.7. The molecule has 0 N–H and O–H groups in total. The fraction of sp³-hybridized carbons (Fsp3) is 0.882. The zero-order valence-corrected chi connectivity index (χ0v) is 20.6. The predicted octanol–water partition coefficient (Wildman–Crippen LogP) is 11.1. The molecule has 0 fully saturated rings. The maximum atomic E-state index is 14.9. The molecule has 49 heavy (non-hydrogen) atoms. The van der Waals surface area contributed by atoms with Crippen molar-refractivity contribution in [2.75, 3.05) is 0 Å². The van der Waals surface area contributed by atoms with Crippen molar-refractivity contribution in [1.82, 2.24) is 0 Å². The van der Waals surface area contributed by atoms with Gasteiger partial charge in [0.15, 0.2) is 0 Å². The molecular formula is C17F32. The van der Waals surface area contributed by atoms with Crippen molar-refractivity contribution in [3.63, 3.8) is 0 Å². The normalized spacial score (nSPS) is 21.1. The van der Waals surface area contributed by atoms with Crippen LogP contribution in [0.5, 0.6) is 0 Å². The molecule has 0 heterocycles. The van der Waals surface area contributed by atoms with Gasteiger partial charge in [0.2, 0.25) is 10.8 Å². The minimum Gasteiger partial charge on any atom is -0.222 e. The maximum Gasteiger partial charge on any atom is 0.433 e. The molecule has 0 amide bonds. The van der Waals surface area contributed by atoms with Crippen molar-refractivity contribution in [3.8, 4) is 0 Å². The topological polar surface area (TPSA) is 0 Å². The first-order valence-electron chi connectivity index (χ1n) is 10.3. The fourth-order valence-corrected chi connectivity index (χ4v) is 4.86. The van der Waals surface area contributed by atoms with E-state index in [1.807, 2.05) is 0 Å². The molecule has 0 aromatic heterocycles. The first kappa shape index (κ1) is 44.5. The molecule has 0 radical (unpaired) electrons. The minimum absolute atomic E-state index is 7.79. The fourth-order valence-electron chi connectivity index (χ4n) is 4.86. The van der Waals surface area contributed by atoms with E-state index in [2.05, 4.69) is 0 Å². The number of allylic oxidation sites excluding steroid dienone is 2. The first-order valence-corrected chi connectivity index (χ1v) is 10.3. The molecule has 0 spiro atoms. The number of hydrogen-bond donors (Lipinski definition) is 0. The molecular weight excluding hydrogens is 812 g/mol. The lowest BCUT2D eigenvalue weighted by Crippen LogP contribution is -2.77. The largest absolute Gasteiger partial charge is 0.433 e. The summed E-state index contributed by atoms with van der Waals surface area (Å²) in [5, 5.41) is 0. The molecule has 0 unspecified atom stereocenters. The Hall–Kier alpha value is -2.50. The molecule has 0 aromatic rings. The average Bonchev–Trinajstić information content (AvgIpc) is 2.82. The van der Waals surface area contributed by atoms with Crippen LogP contribution in [0.25, 0.3) is 0 Å². The number of rotatable bonds is 4. The van der Waals surface area contributed by atoms with E-state index >= 15 is 0 Å². The second-order valence-corrected chi connectivity index (χ2v) is 9.27. The number of alkyl halides is 32. The van der Waals surface area contributed by atoms with Crippen LogP contribution in [0.3, 0.4) is 0 Å². The van der Waals surface area contributed by atoms with E-state index in [1.165, 1.54) is 0 Å². The van der Waals surface area contributed by atoms with Gasteiger partial charge in [-0.3, -0.25) is 0 Å². The summed E-state index contributed by atoms with van der Waals surface area (Å²) in [5.41, 5.74) is -57.9. The molecule has 0 saturated carbocycles. The summed E-state index contributed by atoms with van der Waals surface area (Å²) in [6.07, 6.45) is -78.9. The van der Waals surface area contributed by atoms with Gasteiger partial charge in [-0.1, -0.05) is 0 Å². The molecule has 1 aliphatic rings. The van der Waals surface area contributed by atoms with Crippen molar-refractivity contribution in [1.29, 1.82) is 0 Å². The molecule has 0 aromatic carbocycles. The third-order valence-corrected chi connectivity index (χ3v) is 6.71. The zero-order chi connectivity index (χ0) is 40.7. The monoisotopic (exact) mass is 812 g/mol. The smallest absolute Gasteiger partial charge is 0.222 e. The average molecular weight is 812 g/mol. The molecule has 292 valence electrons. The SMILES string of the molecule is FC(F)(F)C(F)(C(F)(F)F)C(C1=C(C(C(F)(F)F)(C(F)(F)F)C(F)(C(F)(F)F)C(F)(F)F)C(F)(F)C(F)(F)C1(F)F)(C(F)(F)F)C(F)(F)F. The summed E-state index contributed by atoms with van der Waals surface area (Å²) >= 11 is 0. The highest BCUT2D eigenvalue weighted by atomic mass is 19.5. The Kier molecular flexibility index (Phi) is 9.36. The van der Waals surface area contributed by atoms with Crippen molar-refractivity contribution >= 4 is 0 Å². The summed E-state index contributed by atoms with van der Waals surface area (Å²) in [4.78, 5) is 0. The van der Waals surface area contributed by atoms with Gasteiger partial charge in [0.05, 0.1) is 0 Å². The Morgan fingerprint density at radius 3 is 0.490 bits per heavy atom. The maximum absolute atomic E-state index is 14.9. The van der Waals surface area contributed by atoms with Crippen LogP contribution in [0.4, 0.5) is 140 Å². The van der Waals surface area contributed by atoms with Crippen LogP contribution in [0.2, 0.25) is 0 Å². The van der Waals surface area contributed by atoms with E-state index in [9.17, 15) is 140 Å². The number of hydrogen-bond acceptors (Lipinski definition) is 0. The summed E-state index contributed by atoms with van der Waals surface area (Å²) in [6.45, 7) is 0. The third kappa shape index (κ3) is 4.83. The Morgan fingerprint density at radius 1 is 0.245 bits per heavy atom. The van der Waals surface area contributed by atoms with Gasteiger partial charge in [-0.2, -0.15) is 132 Å². The van der Waals surface area contributed by atoms with Crippen LogP contribution >= 0.6 is 0 Å². The Balaban J connectivity index is 5.82. The van der Waals surface area contributed by atoms with E-state index in [0.717, 1.165) is 0 Å². The van der Waals surface area contributed by atoms with E-state index < -0.39 is 100 Å². The van der Waals surface area contributed by atoms with Gasteiger partial charge >= 0.3 is 78.5 Å². The lowest BCUT2D eigenvalue weighted by molar-refractivity contribution is -0.465. The van der Waals surface area contributed by atoms with Crippen molar-refractivity contribution in [3.05, 3.63) is 11.1 Å². The molecule has 0 nitrogen and oxygen atoms in total. The molecule has 0 bridgehead atoms. The van der Waals surface area contributed by atoms with Crippen LogP contribution in [0.15, 0.2) is 11.1 Å². The van der Waals surface area contributed by atoms with E-state index in [0.29, 0.717) is 0 Å². The standard InChI is InChI=1S/C17F32/c18-5(19)1(3(10(26,27)28,11(29,30)31)7(22,14(38,39)40)15(41,42)43)2(6(20,21)9(5,24)25)4(12(32,33)34,13(35,36)37)8(23,16(44,45)46)17(47,48)49. The molecule has 0 aliphatic heterocycles. The summed E-state index contributed by atoms with van der Waals surface area (Å²) < 4.78 is 444. The highest BCUT2D eigenvalue weighted by Crippen LogP contribution is 2.82. The van der Waals surface area contributed by atoms with Gasteiger partial charge in [-0.05, 0) is 0 Å². The predicted molar refractivity (Wildman–Crippen MR) is 82.9 cm³/mol. The third-order valence-electron chi connectivity index (χ3n) is 6.71. The van der Waals surface area contributed by atoms with Crippen LogP contribution in [0.1, 0.15) is 0 Å². The number of halogens is 32. The van der Waals surface area contributed by atoms with E-state index in [4.69, 9.17) is 0 Å². The second kappa shape index (κ2) is 10.3. The lowest BCUT2D eigenvalue weighted by Gasteiger charge is -2.52. The molecule has 0 atom stereocenters. The van der Waals surface area contributed by atoms with Crippen LogP contribution in [-0.4, -0.2) is 78.5 Å². The Bertz CT molecular complexity index is 1130. The molecule has 32 heteroatoms. The van der Waals surface area contributed by atoms with Gasteiger partial charge < -0.3 is 0 Å². The highest BCUT2D eigenvalue weighted by Gasteiger charge is 3.05. The summed E-state index contributed by atoms with van der Waals surface area (Å²) in [7, 11) is 0.